The molecule has 1 heterocycles. The van der Waals surface area contributed by atoms with E-state index in [1.165, 1.54) is 0 Å². The number of nitrogens with one attached hydrogen (secondary N) is 1. The Balaban J connectivity index is 2.14. The topological polar surface area (TPSA) is 101 Å². The molecule has 0 spiro atoms. The Bertz CT molecular complexity index is 495. The third-order valence-corrected chi connectivity index (χ3v) is 4.04. The summed E-state index contributed by atoms with van der Waals surface area (Å²) in [6.45, 7) is 1.90. The Kier molecular flexibility index (Phi) is 4.22. The van der Waals surface area contributed by atoms with Crippen LogP contribution in [-0.4, -0.2) is 21.9 Å². The van der Waals surface area contributed by atoms with Crippen LogP contribution in [-0.2, 0) is 4.79 Å². The number of oxime groups is 1. The molecule has 0 bridgehead atoms. The van der Waals surface area contributed by atoms with Gasteiger partial charge >= 0.3 is 0 Å². The van der Waals surface area contributed by atoms with Gasteiger partial charge in [0.15, 0.2) is 5.84 Å². The number of hydrogen-bond donors (Lipinski definition) is 3. The third-order valence-electron chi connectivity index (χ3n) is 4.04. The van der Waals surface area contributed by atoms with Crippen LogP contribution in [0, 0.1) is 5.41 Å². The first-order chi connectivity index (χ1) is 9.60. The van der Waals surface area contributed by atoms with Crippen molar-refractivity contribution >= 4 is 11.7 Å². The van der Waals surface area contributed by atoms with Crippen molar-refractivity contribution in [3.05, 3.63) is 30.1 Å². The minimum absolute atomic E-state index is 0.00873. The van der Waals surface area contributed by atoms with Crippen molar-refractivity contribution in [3.8, 4) is 0 Å². The zero-order valence-corrected chi connectivity index (χ0v) is 11.5. The number of carbonyl (C=O) groups excluding carboxylic acids is 1. The Morgan fingerprint density at radius 1 is 1.45 bits per heavy atom. The van der Waals surface area contributed by atoms with Gasteiger partial charge in [-0.25, -0.2) is 0 Å². The monoisotopic (exact) mass is 276 g/mol. The highest BCUT2D eigenvalue weighted by molar-refractivity contribution is 6.07. The number of hydrogen-bond acceptors (Lipinski definition) is 4. The van der Waals surface area contributed by atoms with Crippen molar-refractivity contribution in [1.29, 1.82) is 0 Å². The van der Waals surface area contributed by atoms with E-state index in [1.54, 1.807) is 12.4 Å². The minimum atomic E-state index is -0.865. The molecule has 2 rings (SSSR count). The standard InChI is InChI=1S/C14H20N4O2/c1-10(11-4-8-16-9-5-11)17-13(19)14(12(15)18-20)6-2-3-7-14/h4-5,8-10,20H,2-3,6-7H2,1H3,(H2,15,18)(H,17,19). The van der Waals surface area contributed by atoms with Gasteiger partial charge in [0.25, 0.3) is 0 Å². The Morgan fingerprint density at radius 3 is 2.60 bits per heavy atom. The lowest BCUT2D eigenvalue weighted by Crippen LogP contribution is -2.48. The summed E-state index contributed by atoms with van der Waals surface area (Å²) < 4.78 is 0. The van der Waals surface area contributed by atoms with Gasteiger partial charge in [-0.1, -0.05) is 18.0 Å². The zero-order chi connectivity index (χ0) is 14.6. The lowest BCUT2D eigenvalue weighted by Gasteiger charge is -2.28. The van der Waals surface area contributed by atoms with Crippen molar-refractivity contribution in [2.45, 2.75) is 38.6 Å². The summed E-state index contributed by atoms with van der Waals surface area (Å²) in [5, 5.41) is 15.0. The second-order valence-corrected chi connectivity index (χ2v) is 5.25. The molecule has 0 radical (unpaired) electrons. The van der Waals surface area contributed by atoms with Crippen LogP contribution < -0.4 is 11.1 Å². The molecule has 6 nitrogen and oxygen atoms in total. The van der Waals surface area contributed by atoms with E-state index in [1.807, 2.05) is 19.1 Å². The first-order valence-electron chi connectivity index (χ1n) is 6.79. The number of nitrogens with zero attached hydrogens (tertiary/aromatic N) is 2. The van der Waals surface area contributed by atoms with E-state index >= 15 is 0 Å². The van der Waals surface area contributed by atoms with Gasteiger partial charge in [-0.15, -0.1) is 0 Å². The number of pyridine rings is 1. The lowest BCUT2D eigenvalue weighted by atomic mass is 9.83. The Hall–Kier alpha value is -2.11. The maximum Gasteiger partial charge on any atom is 0.234 e. The van der Waals surface area contributed by atoms with Crippen LogP contribution in [0.5, 0.6) is 0 Å². The van der Waals surface area contributed by atoms with Gasteiger partial charge in [0, 0.05) is 12.4 Å². The normalized spacial score (nSPS) is 19.6. The molecular weight excluding hydrogens is 256 g/mol. The van der Waals surface area contributed by atoms with Crippen LogP contribution in [0.4, 0.5) is 0 Å². The van der Waals surface area contributed by atoms with E-state index in [0.29, 0.717) is 12.8 Å². The highest BCUT2D eigenvalue weighted by Crippen LogP contribution is 2.39. The fraction of sp³-hybridized carbons (Fsp3) is 0.500. The van der Waals surface area contributed by atoms with Gasteiger partial charge in [-0.05, 0) is 37.5 Å². The first kappa shape index (κ1) is 14.3. The quantitative estimate of drug-likeness (QED) is 0.336. The molecule has 0 aromatic carbocycles. The number of carbonyl (C=O) groups is 1. The second-order valence-electron chi connectivity index (χ2n) is 5.25. The van der Waals surface area contributed by atoms with Crippen LogP contribution in [0.3, 0.4) is 0 Å². The second kappa shape index (κ2) is 5.90. The number of rotatable bonds is 4. The van der Waals surface area contributed by atoms with E-state index in [9.17, 15) is 4.79 Å². The van der Waals surface area contributed by atoms with Crippen molar-refractivity contribution in [2.75, 3.05) is 0 Å². The molecule has 1 amide bonds. The molecule has 108 valence electrons. The van der Waals surface area contributed by atoms with Crippen molar-refractivity contribution in [1.82, 2.24) is 10.3 Å². The smallest absolute Gasteiger partial charge is 0.234 e. The molecule has 20 heavy (non-hydrogen) atoms. The molecule has 1 aromatic heterocycles. The van der Waals surface area contributed by atoms with Crippen LogP contribution in [0.25, 0.3) is 0 Å². The molecule has 4 N–H and O–H groups in total. The highest BCUT2D eigenvalue weighted by atomic mass is 16.4. The fourth-order valence-electron chi connectivity index (χ4n) is 2.74. The maximum absolute atomic E-state index is 12.6. The summed E-state index contributed by atoms with van der Waals surface area (Å²) in [6.07, 6.45) is 6.44. The SMILES string of the molecule is CC(NC(=O)C1(C(N)=NO)CCCC1)c1ccncc1. The number of aromatic nitrogens is 1. The maximum atomic E-state index is 12.6. The van der Waals surface area contributed by atoms with E-state index < -0.39 is 5.41 Å². The molecule has 0 saturated heterocycles. The third kappa shape index (κ3) is 2.59. The number of amidine groups is 1. The Morgan fingerprint density at radius 2 is 2.05 bits per heavy atom. The van der Waals surface area contributed by atoms with E-state index in [-0.39, 0.29) is 17.8 Å². The van der Waals surface area contributed by atoms with Gasteiger partial charge in [0.2, 0.25) is 5.91 Å². The zero-order valence-electron chi connectivity index (χ0n) is 11.5. The number of amides is 1. The average Bonchev–Trinajstić information content (AvgIpc) is 2.98. The van der Waals surface area contributed by atoms with Crippen LogP contribution >= 0.6 is 0 Å². The average molecular weight is 276 g/mol. The van der Waals surface area contributed by atoms with Gasteiger partial charge < -0.3 is 16.3 Å². The summed E-state index contributed by atoms with van der Waals surface area (Å²) in [7, 11) is 0. The predicted octanol–water partition coefficient (Wildman–Crippen LogP) is 1.57. The largest absolute Gasteiger partial charge is 0.409 e. The molecule has 1 unspecified atom stereocenters. The van der Waals surface area contributed by atoms with Crippen molar-refractivity contribution < 1.29 is 10.0 Å². The molecule has 1 aliphatic rings. The molecular formula is C14H20N4O2. The molecule has 1 aromatic rings. The van der Waals surface area contributed by atoms with Crippen LogP contribution in [0.15, 0.2) is 29.7 Å². The van der Waals surface area contributed by atoms with Gasteiger partial charge in [0.05, 0.1) is 6.04 Å². The van der Waals surface area contributed by atoms with Crippen LogP contribution in [0.1, 0.15) is 44.2 Å². The molecule has 1 saturated carbocycles. The predicted molar refractivity (Wildman–Crippen MR) is 75.1 cm³/mol. The van der Waals surface area contributed by atoms with Crippen molar-refractivity contribution in [3.63, 3.8) is 0 Å². The van der Waals surface area contributed by atoms with Gasteiger partial charge in [-0.2, -0.15) is 0 Å². The summed E-state index contributed by atoms with van der Waals surface area (Å²) in [6, 6.07) is 3.57. The first-order valence-corrected chi connectivity index (χ1v) is 6.79. The van der Waals surface area contributed by atoms with E-state index in [2.05, 4.69) is 15.5 Å². The van der Waals surface area contributed by atoms with Gasteiger partial charge in [0.1, 0.15) is 5.41 Å². The number of nitrogens with two attached hydrogens (primary N) is 1. The lowest BCUT2D eigenvalue weighted by molar-refractivity contribution is -0.128. The van der Waals surface area contributed by atoms with Gasteiger partial charge in [-0.3, -0.25) is 9.78 Å². The molecule has 0 aliphatic heterocycles. The summed E-state index contributed by atoms with van der Waals surface area (Å²) in [5.41, 5.74) is 5.87. The molecule has 1 atom stereocenters. The summed E-state index contributed by atoms with van der Waals surface area (Å²) in [5.74, 6) is -0.163. The summed E-state index contributed by atoms with van der Waals surface area (Å²) >= 11 is 0. The summed E-state index contributed by atoms with van der Waals surface area (Å²) in [4.78, 5) is 16.5. The highest BCUT2D eigenvalue weighted by Gasteiger charge is 2.45. The van der Waals surface area contributed by atoms with Crippen molar-refractivity contribution in [2.24, 2.45) is 16.3 Å². The minimum Gasteiger partial charge on any atom is -0.409 e. The molecule has 1 aliphatic carbocycles. The fourth-order valence-corrected chi connectivity index (χ4v) is 2.74. The van der Waals surface area contributed by atoms with Crippen LogP contribution in [0.2, 0.25) is 0 Å². The van der Waals surface area contributed by atoms with E-state index in [0.717, 1.165) is 18.4 Å². The molecule has 1 fully saturated rings. The Labute approximate surface area is 118 Å². The molecule has 6 heteroatoms. The van der Waals surface area contributed by atoms with E-state index in [4.69, 9.17) is 10.9 Å².